The first-order valence-electron chi connectivity index (χ1n) is 13.9. The quantitative estimate of drug-likeness (QED) is 0.179. The molecule has 0 aliphatic heterocycles. The fourth-order valence-electron chi connectivity index (χ4n) is 3.55. The first kappa shape index (κ1) is 36.1. The molecule has 232 valence electrons. The van der Waals surface area contributed by atoms with Gasteiger partial charge in [0.2, 0.25) is 0 Å². The van der Waals surface area contributed by atoms with Gasteiger partial charge in [-0.1, -0.05) is 0 Å². The molecule has 0 aromatic heterocycles. The molecule has 0 saturated carbocycles. The summed E-state index contributed by atoms with van der Waals surface area (Å²) in [4.78, 5) is 75.8. The maximum atomic E-state index is 13.2. The van der Waals surface area contributed by atoms with Crippen LogP contribution in [-0.2, 0) is 56.1 Å². The van der Waals surface area contributed by atoms with E-state index in [1.807, 2.05) is 0 Å². The van der Waals surface area contributed by atoms with E-state index >= 15 is 0 Å². The average molecular weight is 814 g/mol. The van der Waals surface area contributed by atoms with Gasteiger partial charge in [-0.3, -0.25) is 0 Å². The van der Waals surface area contributed by atoms with Gasteiger partial charge in [0.25, 0.3) is 0 Å². The van der Waals surface area contributed by atoms with E-state index in [1.54, 1.807) is 60.7 Å². The second-order valence-corrected chi connectivity index (χ2v) is 22.4. The molecule has 14 heteroatoms. The van der Waals surface area contributed by atoms with Crippen molar-refractivity contribution in [3.8, 4) is 0 Å². The van der Waals surface area contributed by atoms with Gasteiger partial charge in [-0.2, -0.15) is 0 Å². The fraction of sp³-hybridized carbons (Fsp3) is 0.379. The molecule has 0 heterocycles. The third-order valence-electron chi connectivity index (χ3n) is 5.59. The Balaban J connectivity index is 2.39. The zero-order chi connectivity index (χ0) is 31.9. The van der Waals surface area contributed by atoms with Crippen molar-refractivity contribution in [3.05, 3.63) is 71.8 Å². The number of benzene rings is 2. The molecule has 0 aliphatic rings. The van der Waals surface area contributed by atoms with Crippen LogP contribution in [0, 0.1) is 0 Å². The van der Waals surface area contributed by atoms with Crippen molar-refractivity contribution in [2.24, 2.45) is 0 Å². The molecule has 0 atom stereocenters. The Kier molecular flexibility index (Phi) is 15.0. The summed E-state index contributed by atoms with van der Waals surface area (Å²) in [5.41, 5.74) is 1.16. The Labute approximate surface area is 261 Å². The molecular formula is C29H36O12Sn2. The van der Waals surface area contributed by atoms with E-state index in [1.165, 1.54) is 27.7 Å². The van der Waals surface area contributed by atoms with Gasteiger partial charge in [0.1, 0.15) is 0 Å². The maximum absolute atomic E-state index is 13.2. The van der Waals surface area contributed by atoms with E-state index < -0.39 is 81.5 Å². The summed E-state index contributed by atoms with van der Waals surface area (Å²) in [6.45, 7) is 6.10. The van der Waals surface area contributed by atoms with Gasteiger partial charge < -0.3 is 0 Å². The van der Waals surface area contributed by atoms with Crippen LogP contribution in [0.15, 0.2) is 60.7 Å². The molecule has 0 amide bonds. The van der Waals surface area contributed by atoms with Crippen molar-refractivity contribution in [2.45, 2.75) is 68.7 Å². The number of hydrogen-bond acceptors (Lipinski definition) is 12. The van der Waals surface area contributed by atoms with Gasteiger partial charge in [-0.15, -0.1) is 0 Å². The second-order valence-electron chi connectivity index (χ2n) is 9.13. The third kappa shape index (κ3) is 12.5. The van der Waals surface area contributed by atoms with E-state index in [-0.39, 0.29) is 34.6 Å². The number of carbonyl (C=O) groups excluding carboxylic acids is 6. The van der Waals surface area contributed by atoms with Crippen molar-refractivity contribution in [1.82, 2.24) is 0 Å². The Morgan fingerprint density at radius 3 is 0.953 bits per heavy atom. The second kappa shape index (κ2) is 17.8. The van der Waals surface area contributed by atoms with Crippen LogP contribution in [0.4, 0.5) is 0 Å². The van der Waals surface area contributed by atoms with Crippen LogP contribution in [0.25, 0.3) is 0 Å². The summed E-state index contributed by atoms with van der Waals surface area (Å²) >= 11 is -10.8. The molecule has 0 unspecified atom stereocenters. The molecule has 0 radical (unpaired) electrons. The first-order chi connectivity index (χ1) is 20.5. The molecule has 0 spiro atoms. The topological polar surface area (TPSA) is 158 Å². The molecule has 0 N–H and O–H groups in total. The van der Waals surface area contributed by atoms with E-state index in [2.05, 4.69) is 0 Å². The van der Waals surface area contributed by atoms with E-state index in [4.69, 9.17) is 18.4 Å². The Morgan fingerprint density at radius 1 is 0.442 bits per heavy atom. The van der Waals surface area contributed by atoms with Crippen molar-refractivity contribution in [1.29, 1.82) is 0 Å². The van der Waals surface area contributed by atoms with Gasteiger partial charge in [0.15, 0.2) is 0 Å². The Morgan fingerprint density at radius 2 is 0.698 bits per heavy atom. The zero-order valence-electron chi connectivity index (χ0n) is 24.6. The van der Waals surface area contributed by atoms with Gasteiger partial charge >= 0.3 is 263 Å². The third-order valence-corrected chi connectivity index (χ3v) is 19.6. The van der Waals surface area contributed by atoms with Crippen LogP contribution in [0.2, 0.25) is 0 Å². The summed E-state index contributed by atoms with van der Waals surface area (Å²) in [6.07, 6.45) is -1.36. The molecule has 12 nitrogen and oxygen atoms in total. The number of carbonyl (C=O) groups is 6. The van der Waals surface area contributed by atoms with Crippen LogP contribution in [0.5, 0.6) is 0 Å². The average Bonchev–Trinajstić information content (AvgIpc) is 2.97. The summed E-state index contributed by atoms with van der Waals surface area (Å²) in [7, 11) is 0. The number of hydrogen-bond donors (Lipinski definition) is 0. The molecule has 0 bridgehead atoms. The van der Waals surface area contributed by atoms with Crippen molar-refractivity contribution in [2.75, 3.05) is 0 Å². The summed E-state index contributed by atoms with van der Waals surface area (Å²) in [5.74, 6) is -5.37. The van der Waals surface area contributed by atoms with Crippen LogP contribution >= 0.6 is 0 Å². The summed E-state index contributed by atoms with van der Waals surface area (Å²) in [6, 6.07) is 17.1. The molecule has 43 heavy (non-hydrogen) atoms. The Hall–Kier alpha value is -3.14. The van der Waals surface area contributed by atoms with Crippen LogP contribution in [-0.4, -0.2) is 75.1 Å². The van der Waals surface area contributed by atoms with Gasteiger partial charge in [0.05, 0.1) is 0 Å². The minimum atomic E-state index is -5.40. The van der Waals surface area contributed by atoms with Crippen molar-refractivity contribution >= 4 is 75.1 Å². The minimum absolute atomic E-state index is 0.0845. The monoisotopic (exact) mass is 816 g/mol. The van der Waals surface area contributed by atoms with Gasteiger partial charge in [0, 0.05) is 0 Å². The molecule has 2 aromatic rings. The van der Waals surface area contributed by atoms with Crippen LogP contribution in [0.1, 0.15) is 70.9 Å². The summed E-state index contributed by atoms with van der Waals surface area (Å²) < 4.78 is 33.0. The summed E-state index contributed by atoms with van der Waals surface area (Å²) in [5, 5.41) is 0. The van der Waals surface area contributed by atoms with Crippen molar-refractivity contribution in [3.63, 3.8) is 0 Å². The van der Waals surface area contributed by atoms with E-state index in [0.29, 0.717) is 11.1 Å². The molecule has 2 rings (SSSR count). The predicted octanol–water partition coefficient (Wildman–Crippen LogP) is 3.72. The molecule has 0 aliphatic carbocycles. The molecular weight excluding hydrogens is 778 g/mol. The van der Waals surface area contributed by atoms with E-state index in [9.17, 15) is 28.8 Å². The fourth-order valence-corrected chi connectivity index (χ4v) is 17.7. The van der Waals surface area contributed by atoms with Crippen LogP contribution in [0.3, 0.4) is 0 Å². The number of rotatable bonds is 16. The molecule has 0 saturated heterocycles. The van der Waals surface area contributed by atoms with E-state index in [0.717, 1.165) is 0 Å². The Bertz CT molecular complexity index is 1130. The SMILES string of the molecule is CCC(=O)[O][Sn]([CH2]c1ccccc1)([O]C(=O)CC)[O]C(=O)CC(=O)[O][Sn]([CH2]c1ccccc1)([O]C(=O)CC)[O]C(=O)CC. The van der Waals surface area contributed by atoms with Gasteiger partial charge in [-0.05, 0) is 0 Å². The molecule has 2 aromatic carbocycles. The predicted molar refractivity (Wildman–Crippen MR) is 154 cm³/mol. The first-order valence-corrected chi connectivity index (χ1v) is 24.9. The standard InChI is InChI=1S/2C7H7.C3H4O4.4C3H6O2.2Sn/c2*1-7-5-3-2-4-6-7;4-2(5)1-3(6)7;4*1-2-3(4)5;;/h2*2-6H,1H2;1H2,(H,4,5)(H,6,7);4*2H2,1H3,(H,4,5);;/q;;;;;;;2*+3/p-6. The zero-order valence-corrected chi connectivity index (χ0v) is 30.3. The van der Waals surface area contributed by atoms with Gasteiger partial charge in [-0.25, -0.2) is 0 Å². The molecule has 0 fully saturated rings. The van der Waals surface area contributed by atoms with Crippen LogP contribution < -0.4 is 0 Å². The normalized spacial score (nSPS) is 11.1. The van der Waals surface area contributed by atoms with Crippen molar-refractivity contribution < 1.29 is 47.2 Å².